The van der Waals surface area contributed by atoms with Crippen molar-refractivity contribution >= 4 is 35.0 Å². The molecule has 0 aliphatic carbocycles. The Bertz CT molecular complexity index is 867. The molecule has 7 nitrogen and oxygen atoms in total. The van der Waals surface area contributed by atoms with E-state index in [2.05, 4.69) is 77.7 Å². The van der Waals surface area contributed by atoms with Gasteiger partial charge in [-0.1, -0.05) is 54.6 Å². The van der Waals surface area contributed by atoms with Gasteiger partial charge >= 0.3 is 17.9 Å². The summed E-state index contributed by atoms with van der Waals surface area (Å²) in [5, 5.41) is 24.7. The fourth-order valence-electron chi connectivity index (χ4n) is 2.85. The Morgan fingerprint density at radius 3 is 1.10 bits per heavy atom. The number of anilines is 3. The molecule has 0 radical (unpaired) electrons. The molecule has 0 amide bonds. The minimum atomic E-state index is -1.40. The smallest absolute Gasteiger partial charge is 0.307 e. The highest BCUT2D eigenvalue weighted by molar-refractivity contribution is 5.82. The summed E-state index contributed by atoms with van der Waals surface area (Å²) >= 11 is 0. The lowest BCUT2D eigenvalue weighted by Crippen LogP contribution is -2.20. The molecule has 3 aromatic carbocycles. The largest absolute Gasteiger partial charge is 0.481 e. The van der Waals surface area contributed by atoms with E-state index >= 15 is 0 Å². The van der Waals surface area contributed by atoms with Gasteiger partial charge in [-0.15, -0.1) is 0 Å². The van der Waals surface area contributed by atoms with E-state index < -0.39 is 36.7 Å². The van der Waals surface area contributed by atoms with Crippen molar-refractivity contribution in [3.05, 3.63) is 91.0 Å². The Labute approximate surface area is 179 Å². The van der Waals surface area contributed by atoms with Crippen LogP contribution in [0.1, 0.15) is 12.8 Å². The zero-order valence-electron chi connectivity index (χ0n) is 16.7. The zero-order valence-corrected chi connectivity index (χ0v) is 16.7. The molecule has 0 bridgehead atoms. The third-order valence-corrected chi connectivity index (χ3v) is 4.23. The van der Waals surface area contributed by atoms with E-state index in [1.807, 2.05) is 18.2 Å². The first-order valence-electron chi connectivity index (χ1n) is 9.50. The average Bonchev–Trinajstić information content (AvgIpc) is 2.76. The summed E-state index contributed by atoms with van der Waals surface area (Å²) in [4.78, 5) is 32.6. The van der Waals surface area contributed by atoms with Crippen molar-refractivity contribution in [1.29, 1.82) is 0 Å². The molecular weight excluding hydrogens is 398 g/mol. The van der Waals surface area contributed by atoms with E-state index in [1.54, 1.807) is 0 Å². The standard InChI is InChI=1S/C18H15N.C6H8O6/c1-4-10-16(11-5-1)19(17-12-6-2-7-13-17)18-14-8-3-9-15-18;7-4(8)1-3(6(11)12)2-5(9)10/h1-15H;3H,1-2H2,(H,7,8)(H,9,10)(H,11,12). The molecular formula is C24H23NO6. The van der Waals surface area contributed by atoms with Crippen LogP contribution < -0.4 is 4.90 Å². The lowest BCUT2D eigenvalue weighted by atomic mass is 10.0. The maximum atomic E-state index is 10.2. The van der Waals surface area contributed by atoms with Gasteiger partial charge in [-0.3, -0.25) is 14.4 Å². The molecule has 0 spiro atoms. The Morgan fingerprint density at radius 1 is 0.581 bits per heavy atom. The number of hydrogen-bond donors (Lipinski definition) is 3. The van der Waals surface area contributed by atoms with Crippen LogP contribution in [0.4, 0.5) is 17.1 Å². The second-order valence-electron chi connectivity index (χ2n) is 6.57. The molecule has 0 aliphatic heterocycles. The highest BCUT2D eigenvalue weighted by Gasteiger charge is 2.23. The summed E-state index contributed by atoms with van der Waals surface area (Å²) in [7, 11) is 0. The van der Waals surface area contributed by atoms with Gasteiger partial charge in [-0.25, -0.2) is 0 Å². The van der Waals surface area contributed by atoms with Crippen LogP contribution in [-0.2, 0) is 14.4 Å². The van der Waals surface area contributed by atoms with Crippen LogP contribution in [0.2, 0.25) is 0 Å². The van der Waals surface area contributed by atoms with Gasteiger partial charge in [0.2, 0.25) is 0 Å². The van der Waals surface area contributed by atoms with Gasteiger partial charge in [-0.2, -0.15) is 0 Å². The molecule has 3 N–H and O–H groups in total. The van der Waals surface area contributed by atoms with Crippen molar-refractivity contribution in [1.82, 2.24) is 0 Å². The van der Waals surface area contributed by atoms with E-state index in [0.29, 0.717) is 0 Å². The quantitative estimate of drug-likeness (QED) is 0.479. The third-order valence-electron chi connectivity index (χ3n) is 4.23. The number of carboxylic acids is 3. The molecule has 0 unspecified atom stereocenters. The van der Waals surface area contributed by atoms with Crippen LogP contribution in [-0.4, -0.2) is 33.2 Å². The first-order valence-corrected chi connectivity index (χ1v) is 9.50. The molecule has 7 heteroatoms. The van der Waals surface area contributed by atoms with E-state index in [0.717, 1.165) is 0 Å². The number of aliphatic carboxylic acids is 3. The maximum Gasteiger partial charge on any atom is 0.307 e. The Morgan fingerprint density at radius 2 is 0.871 bits per heavy atom. The highest BCUT2D eigenvalue weighted by atomic mass is 16.4. The van der Waals surface area contributed by atoms with Crippen LogP contribution in [0.5, 0.6) is 0 Å². The van der Waals surface area contributed by atoms with Crippen LogP contribution in [0.3, 0.4) is 0 Å². The summed E-state index contributed by atoms with van der Waals surface area (Å²) in [6.07, 6.45) is -1.33. The van der Waals surface area contributed by atoms with E-state index in [4.69, 9.17) is 15.3 Å². The molecule has 0 saturated heterocycles. The van der Waals surface area contributed by atoms with Gasteiger partial charge in [0.15, 0.2) is 0 Å². The van der Waals surface area contributed by atoms with Crippen molar-refractivity contribution in [2.75, 3.05) is 4.90 Å². The first-order chi connectivity index (χ1) is 14.9. The van der Waals surface area contributed by atoms with Crippen LogP contribution >= 0.6 is 0 Å². The third kappa shape index (κ3) is 7.66. The fourth-order valence-corrected chi connectivity index (χ4v) is 2.85. The lowest BCUT2D eigenvalue weighted by molar-refractivity contribution is -0.152. The number of rotatable bonds is 8. The first kappa shape index (κ1) is 23.2. The number of benzene rings is 3. The molecule has 31 heavy (non-hydrogen) atoms. The molecule has 0 heterocycles. The van der Waals surface area contributed by atoms with Crippen molar-refractivity contribution < 1.29 is 29.7 Å². The Balaban J connectivity index is 0.000000248. The zero-order chi connectivity index (χ0) is 22.6. The number of hydrogen-bond acceptors (Lipinski definition) is 4. The average molecular weight is 421 g/mol. The predicted molar refractivity (Wildman–Crippen MR) is 117 cm³/mol. The molecule has 160 valence electrons. The van der Waals surface area contributed by atoms with E-state index in [1.165, 1.54) is 17.1 Å². The predicted octanol–water partition coefficient (Wildman–Crippen LogP) is 4.79. The summed E-state index contributed by atoms with van der Waals surface area (Å²) in [6.45, 7) is 0. The van der Waals surface area contributed by atoms with E-state index in [9.17, 15) is 14.4 Å². The van der Waals surface area contributed by atoms with Gasteiger partial charge in [0, 0.05) is 17.1 Å². The van der Waals surface area contributed by atoms with Gasteiger partial charge in [0.05, 0.1) is 18.8 Å². The number of carbonyl (C=O) groups is 3. The summed E-state index contributed by atoms with van der Waals surface area (Å²) in [6, 6.07) is 31.3. The van der Waals surface area contributed by atoms with Crippen molar-refractivity contribution in [2.45, 2.75) is 12.8 Å². The minimum Gasteiger partial charge on any atom is -0.481 e. The maximum absolute atomic E-state index is 10.2. The normalized spacial score (nSPS) is 9.97. The molecule has 0 aromatic heterocycles. The molecule has 0 fully saturated rings. The second-order valence-corrected chi connectivity index (χ2v) is 6.57. The van der Waals surface area contributed by atoms with Gasteiger partial charge in [0.25, 0.3) is 0 Å². The molecule has 3 aromatic rings. The van der Waals surface area contributed by atoms with Gasteiger partial charge in [-0.05, 0) is 36.4 Å². The number of para-hydroxylation sites is 3. The fraction of sp³-hybridized carbons (Fsp3) is 0.125. The topological polar surface area (TPSA) is 115 Å². The van der Waals surface area contributed by atoms with Gasteiger partial charge < -0.3 is 20.2 Å². The summed E-state index contributed by atoms with van der Waals surface area (Å²) < 4.78 is 0. The second kappa shape index (κ2) is 11.8. The van der Waals surface area contributed by atoms with Crippen LogP contribution in [0, 0.1) is 5.92 Å². The Kier molecular flexibility index (Phi) is 8.79. The highest BCUT2D eigenvalue weighted by Crippen LogP contribution is 2.33. The summed E-state index contributed by atoms with van der Waals surface area (Å²) in [5.41, 5.74) is 3.50. The Hall–Kier alpha value is -4.13. The van der Waals surface area contributed by atoms with Crippen LogP contribution in [0.25, 0.3) is 0 Å². The monoisotopic (exact) mass is 421 g/mol. The lowest BCUT2D eigenvalue weighted by Gasteiger charge is -2.25. The minimum absolute atomic E-state index is 0.665. The molecule has 0 atom stereocenters. The number of carboxylic acid groups (broad SMARTS) is 3. The van der Waals surface area contributed by atoms with Crippen LogP contribution in [0.15, 0.2) is 91.0 Å². The van der Waals surface area contributed by atoms with Crippen molar-refractivity contribution in [3.8, 4) is 0 Å². The van der Waals surface area contributed by atoms with Gasteiger partial charge in [0.1, 0.15) is 0 Å². The number of nitrogens with zero attached hydrogens (tertiary/aromatic N) is 1. The summed E-state index contributed by atoms with van der Waals surface area (Å²) in [5.74, 6) is -5.38. The molecule has 3 rings (SSSR count). The van der Waals surface area contributed by atoms with E-state index in [-0.39, 0.29) is 0 Å². The van der Waals surface area contributed by atoms with Crippen molar-refractivity contribution in [2.24, 2.45) is 5.92 Å². The molecule has 0 saturated carbocycles. The molecule has 0 aliphatic rings. The van der Waals surface area contributed by atoms with Crippen molar-refractivity contribution in [3.63, 3.8) is 0 Å². The SMILES string of the molecule is O=C(O)CC(CC(=O)O)C(=O)O.c1ccc(N(c2ccccc2)c2ccccc2)cc1.